The first kappa shape index (κ1) is 19.4. The molecular weight excluding hydrogens is 414 g/mol. The Morgan fingerprint density at radius 3 is 2.48 bits per heavy atom. The Hall–Kier alpha value is -3.58. The molecule has 3 aromatic rings. The molecule has 31 heavy (non-hydrogen) atoms. The molecule has 0 bridgehead atoms. The molecule has 2 aliphatic heterocycles. The monoisotopic (exact) mass is 433 g/mol. The number of ether oxygens (including phenoxy) is 2. The second kappa shape index (κ2) is 7.59. The van der Waals surface area contributed by atoms with Crippen LogP contribution in [0.1, 0.15) is 22.0 Å². The van der Waals surface area contributed by atoms with Gasteiger partial charge < -0.3 is 14.6 Å². The van der Waals surface area contributed by atoms with Gasteiger partial charge in [0.05, 0.1) is 5.57 Å². The topological polar surface area (TPSA) is 76.1 Å². The van der Waals surface area contributed by atoms with Crippen molar-refractivity contribution >= 4 is 34.5 Å². The second-order valence-electron chi connectivity index (χ2n) is 7.38. The van der Waals surface area contributed by atoms with Gasteiger partial charge in [-0.25, -0.2) is 0 Å². The number of hydrogen-bond donors (Lipinski definition) is 1. The lowest BCUT2D eigenvalue weighted by atomic mass is 9.99. The fraction of sp³-hybridized carbons (Fsp3) is 0.167. The number of benzene rings is 2. The van der Waals surface area contributed by atoms with Crippen molar-refractivity contribution < 1.29 is 24.2 Å². The molecule has 2 aromatic carbocycles. The molecule has 7 heteroatoms. The van der Waals surface area contributed by atoms with Crippen molar-refractivity contribution in [1.82, 2.24) is 0 Å². The minimum Gasteiger partial charge on any atom is -0.507 e. The number of hydrogen-bond acceptors (Lipinski definition) is 6. The number of fused-ring (bicyclic) bond motifs is 1. The van der Waals surface area contributed by atoms with Crippen LogP contribution in [0.2, 0.25) is 0 Å². The fourth-order valence-corrected chi connectivity index (χ4v) is 4.69. The molecule has 5 rings (SSSR count). The molecule has 0 aliphatic carbocycles. The number of rotatable bonds is 3. The van der Waals surface area contributed by atoms with Gasteiger partial charge in [-0.1, -0.05) is 23.8 Å². The minimum atomic E-state index is -0.716. The number of carbonyl (C=O) groups is 2. The predicted octanol–water partition coefficient (Wildman–Crippen LogP) is 4.45. The maximum atomic E-state index is 13.1. The molecule has 3 heterocycles. The molecule has 1 amide bonds. The van der Waals surface area contributed by atoms with Crippen LogP contribution in [0.3, 0.4) is 0 Å². The Bertz CT molecular complexity index is 1200. The zero-order valence-corrected chi connectivity index (χ0v) is 17.5. The van der Waals surface area contributed by atoms with Gasteiger partial charge >= 0.3 is 0 Å². The lowest BCUT2D eigenvalue weighted by molar-refractivity contribution is -0.132. The summed E-state index contributed by atoms with van der Waals surface area (Å²) in [5.41, 5.74) is 2.11. The summed E-state index contributed by atoms with van der Waals surface area (Å²) in [5, 5.41) is 13.1. The highest BCUT2D eigenvalue weighted by Crippen LogP contribution is 2.44. The summed E-state index contributed by atoms with van der Waals surface area (Å²) < 4.78 is 11.1. The van der Waals surface area contributed by atoms with Gasteiger partial charge in [0, 0.05) is 16.1 Å². The maximum absolute atomic E-state index is 13.1. The van der Waals surface area contributed by atoms with Crippen molar-refractivity contribution in [2.75, 3.05) is 18.1 Å². The van der Waals surface area contributed by atoms with E-state index in [0.29, 0.717) is 36.0 Å². The molecular formula is C24H19NO5S. The lowest BCUT2D eigenvalue weighted by Gasteiger charge is -2.24. The van der Waals surface area contributed by atoms with E-state index in [1.807, 2.05) is 48.7 Å². The molecule has 0 saturated carbocycles. The number of nitrogens with zero attached hydrogens (tertiary/aromatic N) is 1. The largest absolute Gasteiger partial charge is 0.507 e. The van der Waals surface area contributed by atoms with Gasteiger partial charge in [-0.05, 0) is 48.7 Å². The lowest BCUT2D eigenvalue weighted by Crippen LogP contribution is -2.29. The Kier molecular flexibility index (Phi) is 4.75. The van der Waals surface area contributed by atoms with E-state index in [0.717, 1.165) is 10.4 Å². The molecule has 156 valence electrons. The molecule has 1 fully saturated rings. The smallest absolute Gasteiger partial charge is 0.300 e. The van der Waals surface area contributed by atoms with E-state index in [1.54, 1.807) is 18.2 Å². The SMILES string of the molecule is Cc1ccc(N2C(=O)C(=O)/C(=C(\O)c3ccc4c(c3)OCCO4)C2c2cccs2)cc1. The van der Waals surface area contributed by atoms with Crippen LogP contribution >= 0.6 is 11.3 Å². The van der Waals surface area contributed by atoms with Crippen molar-refractivity contribution in [2.24, 2.45) is 0 Å². The third-order valence-electron chi connectivity index (χ3n) is 5.38. The standard InChI is InChI=1S/C24H19NO5S/c1-14-4-7-16(8-5-14)25-21(19-3-2-12-31-19)20(23(27)24(25)28)22(26)15-6-9-17-18(13-15)30-11-10-29-17/h2-9,12-13,21,26H,10-11H2,1H3/b22-20-. The summed E-state index contributed by atoms with van der Waals surface area (Å²) in [6.07, 6.45) is 0. The first-order chi connectivity index (χ1) is 15.0. The normalized spacial score (nSPS) is 19.6. The van der Waals surface area contributed by atoms with E-state index in [2.05, 4.69) is 0 Å². The summed E-state index contributed by atoms with van der Waals surface area (Å²) in [6.45, 7) is 2.82. The van der Waals surface area contributed by atoms with Crippen LogP contribution in [-0.2, 0) is 9.59 Å². The van der Waals surface area contributed by atoms with Crippen LogP contribution in [0.5, 0.6) is 11.5 Å². The zero-order valence-electron chi connectivity index (χ0n) is 16.7. The Labute approximate surface area is 183 Å². The van der Waals surface area contributed by atoms with Crippen molar-refractivity contribution in [2.45, 2.75) is 13.0 Å². The van der Waals surface area contributed by atoms with Crippen LogP contribution in [0.15, 0.2) is 65.6 Å². The Morgan fingerprint density at radius 1 is 1.03 bits per heavy atom. The van der Waals surface area contributed by atoms with Gasteiger partial charge in [0.2, 0.25) is 0 Å². The number of aliphatic hydroxyl groups is 1. The number of ketones is 1. The summed E-state index contributed by atoms with van der Waals surface area (Å²) in [7, 11) is 0. The fourth-order valence-electron chi connectivity index (χ4n) is 3.87. The first-order valence-corrected chi connectivity index (χ1v) is 10.7. The minimum absolute atomic E-state index is 0.0599. The summed E-state index contributed by atoms with van der Waals surface area (Å²) >= 11 is 1.43. The summed E-state index contributed by atoms with van der Waals surface area (Å²) in [6, 6.07) is 15.4. The molecule has 1 atom stereocenters. The average Bonchev–Trinajstić information content (AvgIpc) is 3.41. The summed E-state index contributed by atoms with van der Waals surface area (Å²) in [4.78, 5) is 28.4. The van der Waals surface area contributed by atoms with Crippen molar-refractivity contribution in [3.63, 3.8) is 0 Å². The highest BCUT2D eigenvalue weighted by atomic mass is 32.1. The third-order valence-corrected chi connectivity index (χ3v) is 6.31. The maximum Gasteiger partial charge on any atom is 0.300 e. The number of Topliss-reactive ketones (excluding diaryl/α,β-unsaturated/α-hetero) is 1. The van der Waals surface area contributed by atoms with Crippen LogP contribution < -0.4 is 14.4 Å². The van der Waals surface area contributed by atoms with Gasteiger partial charge in [0.15, 0.2) is 11.5 Å². The number of amides is 1. The molecule has 1 aromatic heterocycles. The van der Waals surface area contributed by atoms with E-state index in [-0.39, 0.29) is 11.3 Å². The van der Waals surface area contributed by atoms with Gasteiger partial charge in [-0.3, -0.25) is 14.5 Å². The molecule has 0 spiro atoms. The second-order valence-corrected chi connectivity index (χ2v) is 8.36. The van der Waals surface area contributed by atoms with Gasteiger partial charge in [0.25, 0.3) is 11.7 Å². The zero-order chi connectivity index (χ0) is 21.5. The van der Waals surface area contributed by atoms with Crippen molar-refractivity contribution in [1.29, 1.82) is 0 Å². The number of aliphatic hydroxyl groups excluding tert-OH is 1. The quantitative estimate of drug-likeness (QED) is 0.375. The van der Waals surface area contributed by atoms with E-state index in [4.69, 9.17) is 9.47 Å². The van der Waals surface area contributed by atoms with E-state index in [9.17, 15) is 14.7 Å². The van der Waals surface area contributed by atoms with Crippen molar-refractivity contribution in [3.8, 4) is 11.5 Å². The van der Waals surface area contributed by atoms with Gasteiger partial charge in [-0.2, -0.15) is 0 Å². The van der Waals surface area contributed by atoms with Crippen LogP contribution in [0, 0.1) is 6.92 Å². The van der Waals surface area contributed by atoms with Crippen LogP contribution in [0.4, 0.5) is 5.69 Å². The number of thiophene rings is 1. The number of aryl methyl sites for hydroxylation is 1. The molecule has 1 N–H and O–H groups in total. The third kappa shape index (κ3) is 3.27. The van der Waals surface area contributed by atoms with Crippen LogP contribution in [0.25, 0.3) is 5.76 Å². The van der Waals surface area contributed by atoms with Crippen LogP contribution in [-0.4, -0.2) is 30.0 Å². The summed E-state index contributed by atoms with van der Waals surface area (Å²) in [5.74, 6) is -0.538. The highest BCUT2D eigenvalue weighted by molar-refractivity contribution is 7.10. The number of carbonyl (C=O) groups excluding carboxylic acids is 2. The predicted molar refractivity (Wildman–Crippen MR) is 118 cm³/mol. The van der Waals surface area contributed by atoms with E-state index < -0.39 is 17.7 Å². The average molecular weight is 433 g/mol. The van der Waals surface area contributed by atoms with E-state index >= 15 is 0 Å². The highest BCUT2D eigenvalue weighted by Gasteiger charge is 2.47. The molecule has 2 aliphatic rings. The molecule has 1 saturated heterocycles. The number of anilines is 1. The van der Waals surface area contributed by atoms with Gasteiger partial charge in [0.1, 0.15) is 25.0 Å². The van der Waals surface area contributed by atoms with Gasteiger partial charge in [-0.15, -0.1) is 11.3 Å². The van der Waals surface area contributed by atoms with Crippen molar-refractivity contribution in [3.05, 3.63) is 81.6 Å². The Balaban J connectivity index is 1.66. The molecule has 1 unspecified atom stereocenters. The Morgan fingerprint density at radius 2 is 1.77 bits per heavy atom. The first-order valence-electron chi connectivity index (χ1n) is 9.85. The molecule has 0 radical (unpaired) electrons. The van der Waals surface area contributed by atoms with E-state index in [1.165, 1.54) is 16.2 Å². The molecule has 6 nitrogen and oxygen atoms in total.